The number of fused-ring (bicyclic) bond motifs is 3. The molecular weight excluding hydrogens is 700 g/mol. The lowest BCUT2D eigenvalue weighted by Crippen LogP contribution is -2.61. The number of aliphatic imine (C=N–C) groups is 1. The van der Waals surface area contributed by atoms with Gasteiger partial charge in [-0.1, -0.05) is 18.2 Å². The van der Waals surface area contributed by atoms with Crippen molar-refractivity contribution in [2.45, 2.75) is 62.8 Å². The maximum atomic E-state index is 14.4. The Morgan fingerprint density at radius 2 is 1.69 bits per heavy atom. The van der Waals surface area contributed by atoms with E-state index in [2.05, 4.69) is 35.9 Å². The molecule has 0 saturated carbocycles. The third kappa shape index (κ3) is 8.63. The normalized spacial score (nSPS) is 16.1. The van der Waals surface area contributed by atoms with Crippen LogP contribution in [0, 0.1) is 0 Å². The summed E-state index contributed by atoms with van der Waals surface area (Å²) in [6, 6.07) is 5.40. The van der Waals surface area contributed by atoms with Gasteiger partial charge in [0, 0.05) is 61.3 Å². The average Bonchev–Trinajstić information content (AvgIpc) is 3.92. The number of nitrogens with two attached hydrogens (primary N) is 4. The summed E-state index contributed by atoms with van der Waals surface area (Å²) in [5.41, 5.74) is 25.8. The number of amides is 6. The number of carbonyl (C=O) groups is 5. The van der Waals surface area contributed by atoms with E-state index < -0.39 is 53.8 Å². The Balaban J connectivity index is 1.27. The number of benzene rings is 2. The molecule has 54 heavy (non-hydrogen) atoms. The number of H-pyrrole nitrogens is 2. The largest absolute Gasteiger partial charge is 0.454 e. The molecule has 13 N–H and O–H groups in total. The van der Waals surface area contributed by atoms with Gasteiger partial charge in [-0.25, -0.2) is 9.78 Å². The molecule has 2 aliphatic rings. The first kappa shape index (κ1) is 37.0. The maximum Gasteiger partial charge on any atom is 0.312 e. The van der Waals surface area contributed by atoms with Crippen molar-refractivity contribution in [2.75, 3.05) is 13.3 Å². The highest BCUT2D eigenvalue weighted by Gasteiger charge is 2.40. The van der Waals surface area contributed by atoms with Crippen molar-refractivity contribution in [1.82, 2.24) is 35.8 Å². The molecule has 0 spiro atoms. The van der Waals surface area contributed by atoms with Gasteiger partial charge in [0.15, 0.2) is 17.5 Å². The van der Waals surface area contributed by atoms with E-state index in [1.807, 2.05) is 24.3 Å². The molecule has 0 fully saturated rings. The van der Waals surface area contributed by atoms with Crippen LogP contribution in [0.15, 0.2) is 60.1 Å². The van der Waals surface area contributed by atoms with Gasteiger partial charge in [-0.15, -0.1) is 0 Å². The number of urea groups is 1. The number of hydrogen-bond donors (Lipinski definition) is 9. The summed E-state index contributed by atoms with van der Waals surface area (Å²) in [6.45, 7) is 0.126. The summed E-state index contributed by atoms with van der Waals surface area (Å²) in [4.78, 5) is 82.6. The van der Waals surface area contributed by atoms with Crippen LogP contribution in [0.25, 0.3) is 10.9 Å². The Kier molecular flexibility index (Phi) is 11.1. The quantitative estimate of drug-likeness (QED) is 0.0402. The zero-order valence-electron chi connectivity index (χ0n) is 29.2. The summed E-state index contributed by atoms with van der Waals surface area (Å²) >= 11 is 0. The van der Waals surface area contributed by atoms with Gasteiger partial charge in [0.05, 0.1) is 6.33 Å². The molecule has 4 atom stereocenters. The van der Waals surface area contributed by atoms with Crippen LogP contribution in [0.5, 0.6) is 11.5 Å². The minimum atomic E-state index is -1.20. The lowest BCUT2D eigenvalue weighted by atomic mass is 9.91. The molecule has 19 heteroatoms. The van der Waals surface area contributed by atoms with Crippen molar-refractivity contribution in [1.29, 1.82) is 0 Å². The van der Waals surface area contributed by atoms with Crippen molar-refractivity contribution >= 4 is 46.5 Å². The maximum absolute atomic E-state index is 14.4. The van der Waals surface area contributed by atoms with Crippen LogP contribution in [0.1, 0.15) is 35.2 Å². The standard InChI is InChI=1S/C35H42N12O7/c36-30(48)25(8-19-13-42-23-5-2-1-4-22(19)23)45-31(49)24(6-3-7-41-34(37)38)44-32(50)27-9-18-10-28-29(54-17-53-28)11-20(18)15-47(27)33(51)26(46-35(39)52)12-21-14-40-16-43-21/h1-2,4-5,10-11,13-14,16,24-27,42H,3,6-9,12,15,17H2,(H2,36,48)(H,40,43)(H,44,50)(H,45,49)(H4,37,38,41)(H3,39,46,52)/t24-,25-,26-,27?/m0/s1. The third-order valence-corrected chi connectivity index (χ3v) is 9.34. The number of rotatable bonds is 15. The van der Waals surface area contributed by atoms with E-state index in [0.29, 0.717) is 22.8 Å². The number of nitrogens with one attached hydrogen (secondary N) is 5. The van der Waals surface area contributed by atoms with Gasteiger partial charge >= 0.3 is 6.03 Å². The molecule has 6 amide bonds. The predicted octanol–water partition coefficient (Wildman–Crippen LogP) is -1.10. The second-order valence-electron chi connectivity index (χ2n) is 13.0. The van der Waals surface area contributed by atoms with Crippen molar-refractivity contribution in [3.05, 3.63) is 77.5 Å². The van der Waals surface area contributed by atoms with Crippen LogP contribution in [0.3, 0.4) is 0 Å². The number of imidazole rings is 1. The third-order valence-electron chi connectivity index (χ3n) is 9.34. The summed E-state index contributed by atoms with van der Waals surface area (Å²) in [7, 11) is 0. The number of primary amides is 2. The van der Waals surface area contributed by atoms with E-state index in [4.69, 9.17) is 32.4 Å². The van der Waals surface area contributed by atoms with Crippen LogP contribution in [0.4, 0.5) is 4.79 Å². The Hall–Kier alpha value is -6.79. The van der Waals surface area contributed by atoms with Gasteiger partial charge in [-0.05, 0) is 47.7 Å². The minimum absolute atomic E-state index is 0.00136. The van der Waals surface area contributed by atoms with E-state index in [9.17, 15) is 24.0 Å². The van der Waals surface area contributed by atoms with Crippen LogP contribution < -0.4 is 48.4 Å². The fourth-order valence-electron chi connectivity index (χ4n) is 6.69. The molecule has 19 nitrogen and oxygen atoms in total. The van der Waals surface area contributed by atoms with E-state index in [1.165, 1.54) is 17.4 Å². The van der Waals surface area contributed by atoms with Gasteiger partial charge < -0.3 is 63.2 Å². The summed E-state index contributed by atoms with van der Waals surface area (Å²) in [5, 5.41) is 8.86. The number of guanidine groups is 1. The molecule has 0 radical (unpaired) electrons. The zero-order valence-corrected chi connectivity index (χ0v) is 29.2. The van der Waals surface area contributed by atoms with Crippen LogP contribution in [-0.4, -0.2) is 93.0 Å². The van der Waals surface area contributed by atoms with E-state index in [1.54, 1.807) is 18.3 Å². The Bertz CT molecular complexity index is 2060. The molecule has 4 aromatic rings. The molecule has 1 unspecified atom stereocenters. The fraction of sp³-hybridized carbons (Fsp3) is 0.343. The van der Waals surface area contributed by atoms with Crippen LogP contribution in [-0.2, 0) is 45.0 Å². The molecule has 0 aliphatic carbocycles. The highest BCUT2D eigenvalue weighted by Crippen LogP contribution is 2.38. The Morgan fingerprint density at radius 3 is 2.39 bits per heavy atom. The molecular formula is C35H42N12O7. The first-order chi connectivity index (χ1) is 26.0. The summed E-state index contributed by atoms with van der Waals surface area (Å²) in [5.74, 6) is -1.89. The number of para-hydroxylation sites is 1. The number of carbonyl (C=O) groups excluding carboxylic acids is 5. The molecule has 2 aliphatic heterocycles. The monoisotopic (exact) mass is 742 g/mol. The highest BCUT2D eigenvalue weighted by atomic mass is 16.7. The first-order valence-corrected chi connectivity index (χ1v) is 17.2. The van der Waals surface area contributed by atoms with Gasteiger partial charge in [0.1, 0.15) is 24.2 Å². The van der Waals surface area contributed by atoms with Gasteiger partial charge in [0.2, 0.25) is 30.4 Å². The number of hydrogen-bond acceptors (Lipinski definition) is 9. The predicted molar refractivity (Wildman–Crippen MR) is 194 cm³/mol. The molecule has 284 valence electrons. The smallest absolute Gasteiger partial charge is 0.312 e. The minimum Gasteiger partial charge on any atom is -0.454 e. The van der Waals surface area contributed by atoms with E-state index in [0.717, 1.165) is 22.0 Å². The van der Waals surface area contributed by atoms with Crippen molar-refractivity contribution in [3.8, 4) is 11.5 Å². The average molecular weight is 743 g/mol. The van der Waals surface area contributed by atoms with Crippen LogP contribution >= 0.6 is 0 Å². The zero-order chi connectivity index (χ0) is 38.4. The van der Waals surface area contributed by atoms with Crippen molar-refractivity contribution < 1.29 is 33.4 Å². The lowest BCUT2D eigenvalue weighted by Gasteiger charge is -2.38. The van der Waals surface area contributed by atoms with Gasteiger partial charge in [-0.3, -0.25) is 24.2 Å². The fourth-order valence-corrected chi connectivity index (χ4v) is 6.69. The van der Waals surface area contributed by atoms with E-state index in [-0.39, 0.29) is 57.9 Å². The van der Waals surface area contributed by atoms with Crippen molar-refractivity contribution in [3.63, 3.8) is 0 Å². The molecule has 4 heterocycles. The summed E-state index contributed by atoms with van der Waals surface area (Å²) in [6.07, 6.45) is 5.13. The van der Waals surface area contributed by atoms with Crippen molar-refractivity contribution in [2.24, 2.45) is 27.9 Å². The molecule has 0 bridgehead atoms. The number of aromatic nitrogens is 3. The molecule has 6 rings (SSSR count). The number of nitrogens with zero attached hydrogens (tertiary/aromatic N) is 3. The Labute approximate surface area is 308 Å². The van der Waals surface area contributed by atoms with Crippen LogP contribution in [0.2, 0.25) is 0 Å². The molecule has 0 saturated heterocycles. The van der Waals surface area contributed by atoms with Gasteiger partial charge in [0.25, 0.3) is 0 Å². The lowest BCUT2D eigenvalue weighted by molar-refractivity contribution is -0.144. The van der Waals surface area contributed by atoms with E-state index >= 15 is 0 Å². The number of aromatic amines is 2. The second kappa shape index (κ2) is 16.3. The second-order valence-corrected chi connectivity index (χ2v) is 13.0. The topological polar surface area (TPSA) is 304 Å². The SMILES string of the molecule is NC(=O)N[C@@H](Cc1cnc[nH]1)C(=O)N1Cc2cc3c(cc2CC1C(=O)N[C@@H](CCCN=C(N)N)C(=O)N[C@@H](Cc1c[nH]c2ccccc12)C(N)=O)OCO3. The molecule has 2 aromatic carbocycles. The molecule has 2 aromatic heterocycles. The van der Waals surface area contributed by atoms with Gasteiger partial charge in [-0.2, -0.15) is 0 Å². The summed E-state index contributed by atoms with van der Waals surface area (Å²) < 4.78 is 11.1. The number of ether oxygens (including phenoxy) is 2. The Morgan fingerprint density at radius 1 is 0.926 bits per heavy atom. The highest BCUT2D eigenvalue weighted by molar-refractivity contribution is 5.96. The first-order valence-electron chi connectivity index (χ1n) is 17.2.